The summed E-state index contributed by atoms with van der Waals surface area (Å²) in [7, 11) is 3.54. The van der Waals surface area contributed by atoms with Crippen LogP contribution < -0.4 is 15.2 Å². The van der Waals surface area contributed by atoms with Gasteiger partial charge in [-0.3, -0.25) is 14.4 Å². The molecule has 7 nitrogen and oxygen atoms in total. The highest BCUT2D eigenvalue weighted by Crippen LogP contribution is 2.37. The average molecular weight is 424 g/mol. The minimum absolute atomic E-state index is 0.0426. The molecular weight excluding hydrogens is 399 g/mol. The first-order chi connectivity index (χ1) is 14.9. The number of aromatic nitrogens is 2. The van der Waals surface area contributed by atoms with Crippen molar-refractivity contribution < 1.29 is 18.7 Å². The Bertz CT molecular complexity index is 1080. The Morgan fingerprint density at radius 3 is 2.71 bits per heavy atom. The SMILES string of the molecule is COc1nn(C)cc1C1CCCN1Cc1ccc(Oc2ccc(C(N)=O)cc2F)cc1. The van der Waals surface area contributed by atoms with E-state index in [4.69, 9.17) is 15.2 Å². The molecule has 1 fully saturated rings. The minimum Gasteiger partial charge on any atom is -0.480 e. The maximum absolute atomic E-state index is 14.2. The number of halogens is 1. The second-order valence-electron chi connectivity index (χ2n) is 7.65. The molecule has 0 bridgehead atoms. The van der Waals surface area contributed by atoms with Gasteiger partial charge in [-0.15, -0.1) is 5.10 Å². The number of amides is 1. The van der Waals surface area contributed by atoms with E-state index in [1.165, 1.54) is 12.1 Å². The molecule has 0 spiro atoms. The summed E-state index contributed by atoms with van der Waals surface area (Å²) in [6.07, 6.45) is 4.20. The van der Waals surface area contributed by atoms with Gasteiger partial charge < -0.3 is 15.2 Å². The van der Waals surface area contributed by atoms with Crippen LogP contribution in [0.15, 0.2) is 48.7 Å². The molecule has 0 saturated carbocycles. The fourth-order valence-corrected chi connectivity index (χ4v) is 4.00. The summed E-state index contributed by atoms with van der Waals surface area (Å²) >= 11 is 0. The number of benzene rings is 2. The van der Waals surface area contributed by atoms with E-state index in [0.29, 0.717) is 11.6 Å². The molecule has 2 aromatic carbocycles. The molecule has 4 rings (SSSR count). The number of hydrogen-bond acceptors (Lipinski definition) is 5. The van der Waals surface area contributed by atoms with Crippen LogP contribution in [0.5, 0.6) is 17.4 Å². The molecule has 2 N–H and O–H groups in total. The number of nitrogens with two attached hydrogens (primary N) is 1. The lowest BCUT2D eigenvalue weighted by Crippen LogP contribution is -2.22. The van der Waals surface area contributed by atoms with Gasteiger partial charge in [-0.05, 0) is 55.3 Å². The predicted molar refractivity (Wildman–Crippen MR) is 114 cm³/mol. The molecule has 1 saturated heterocycles. The zero-order valence-corrected chi connectivity index (χ0v) is 17.5. The Hall–Kier alpha value is -3.39. The molecule has 1 aliphatic heterocycles. The van der Waals surface area contributed by atoms with E-state index in [-0.39, 0.29) is 17.4 Å². The lowest BCUT2D eigenvalue weighted by atomic mass is 10.1. The van der Waals surface area contributed by atoms with Gasteiger partial charge in [0.05, 0.1) is 12.7 Å². The highest BCUT2D eigenvalue weighted by Gasteiger charge is 2.30. The maximum Gasteiger partial charge on any atom is 0.248 e. The van der Waals surface area contributed by atoms with Gasteiger partial charge in [-0.2, -0.15) is 0 Å². The number of rotatable bonds is 7. The molecule has 1 aromatic heterocycles. The largest absolute Gasteiger partial charge is 0.480 e. The zero-order valence-electron chi connectivity index (χ0n) is 17.5. The quantitative estimate of drug-likeness (QED) is 0.624. The number of nitrogens with zero attached hydrogens (tertiary/aromatic N) is 3. The molecule has 31 heavy (non-hydrogen) atoms. The van der Waals surface area contributed by atoms with Crippen LogP contribution >= 0.6 is 0 Å². The first kappa shape index (κ1) is 20.9. The van der Waals surface area contributed by atoms with Gasteiger partial charge in [-0.1, -0.05) is 12.1 Å². The monoisotopic (exact) mass is 424 g/mol. The van der Waals surface area contributed by atoms with Crippen LogP contribution in [0.3, 0.4) is 0 Å². The molecule has 0 radical (unpaired) electrons. The summed E-state index contributed by atoms with van der Waals surface area (Å²) in [5.74, 6) is -0.0837. The standard InChI is InChI=1S/C23H25FN4O3/c1-27-14-18(23(26-27)30-2)20-4-3-11-28(20)13-15-5-8-17(9-6-15)31-21-10-7-16(22(25)29)12-19(21)24/h5-10,12,14,20H,3-4,11,13H2,1-2H3,(H2,25,29). The third-order valence-corrected chi connectivity index (χ3v) is 5.49. The Labute approximate surface area is 180 Å². The van der Waals surface area contributed by atoms with Crippen molar-refractivity contribution in [2.45, 2.75) is 25.4 Å². The van der Waals surface area contributed by atoms with E-state index in [1.807, 2.05) is 37.5 Å². The van der Waals surface area contributed by atoms with Gasteiger partial charge in [0, 0.05) is 31.4 Å². The van der Waals surface area contributed by atoms with E-state index in [2.05, 4.69) is 10.00 Å². The van der Waals surface area contributed by atoms with E-state index in [9.17, 15) is 9.18 Å². The topological polar surface area (TPSA) is 82.6 Å². The molecule has 1 unspecified atom stereocenters. The van der Waals surface area contributed by atoms with Crippen molar-refractivity contribution in [3.63, 3.8) is 0 Å². The number of aryl methyl sites for hydroxylation is 1. The minimum atomic E-state index is -0.682. The molecule has 3 aromatic rings. The maximum atomic E-state index is 14.2. The average Bonchev–Trinajstić information content (AvgIpc) is 3.36. The normalized spacial score (nSPS) is 16.4. The molecule has 1 amide bonds. The van der Waals surface area contributed by atoms with E-state index < -0.39 is 11.7 Å². The van der Waals surface area contributed by atoms with Crippen molar-refractivity contribution in [2.75, 3.05) is 13.7 Å². The van der Waals surface area contributed by atoms with Crippen molar-refractivity contribution in [3.05, 3.63) is 71.2 Å². The van der Waals surface area contributed by atoms with E-state index in [1.54, 1.807) is 11.8 Å². The van der Waals surface area contributed by atoms with Gasteiger partial charge in [0.1, 0.15) is 5.75 Å². The molecular formula is C23H25FN4O3. The van der Waals surface area contributed by atoms with E-state index in [0.717, 1.165) is 43.1 Å². The van der Waals surface area contributed by atoms with Gasteiger partial charge >= 0.3 is 0 Å². The number of likely N-dealkylation sites (tertiary alicyclic amines) is 1. The molecule has 1 atom stereocenters. The Morgan fingerprint density at radius 2 is 2.03 bits per heavy atom. The number of primary amides is 1. The van der Waals surface area contributed by atoms with E-state index >= 15 is 0 Å². The van der Waals surface area contributed by atoms with Crippen molar-refractivity contribution >= 4 is 5.91 Å². The molecule has 8 heteroatoms. The smallest absolute Gasteiger partial charge is 0.248 e. The number of ether oxygens (including phenoxy) is 2. The van der Waals surface area contributed by atoms with Crippen LogP contribution in [0.1, 0.15) is 40.4 Å². The molecule has 1 aliphatic rings. The van der Waals surface area contributed by atoms with Gasteiger partial charge in [0.15, 0.2) is 11.6 Å². The summed E-state index contributed by atoms with van der Waals surface area (Å²) in [5.41, 5.74) is 7.51. The number of methoxy groups -OCH3 is 1. The second kappa shape index (κ2) is 8.77. The first-order valence-electron chi connectivity index (χ1n) is 10.1. The predicted octanol–water partition coefficient (Wildman–Crippen LogP) is 3.80. The summed E-state index contributed by atoms with van der Waals surface area (Å²) in [5, 5.41) is 4.38. The Morgan fingerprint density at radius 1 is 1.26 bits per heavy atom. The van der Waals surface area contributed by atoms with Gasteiger partial charge in [-0.25, -0.2) is 4.39 Å². The van der Waals surface area contributed by atoms with Crippen LogP contribution in [-0.2, 0) is 13.6 Å². The van der Waals surface area contributed by atoms with Crippen molar-refractivity contribution in [3.8, 4) is 17.4 Å². The van der Waals surface area contributed by atoms with Crippen molar-refractivity contribution in [2.24, 2.45) is 12.8 Å². The van der Waals surface area contributed by atoms with Crippen LogP contribution in [0, 0.1) is 5.82 Å². The number of carbonyl (C=O) groups is 1. The Kier molecular flexibility index (Phi) is 5.90. The van der Waals surface area contributed by atoms with Gasteiger partial charge in [0.2, 0.25) is 11.8 Å². The molecule has 162 valence electrons. The summed E-state index contributed by atoms with van der Waals surface area (Å²) < 4.78 is 27.0. The van der Waals surface area contributed by atoms with Crippen LogP contribution in [0.25, 0.3) is 0 Å². The fraction of sp³-hybridized carbons (Fsp3) is 0.304. The molecule has 0 aliphatic carbocycles. The lowest BCUT2D eigenvalue weighted by Gasteiger charge is -2.24. The second-order valence-corrected chi connectivity index (χ2v) is 7.65. The molecule has 2 heterocycles. The summed E-state index contributed by atoms with van der Waals surface area (Å²) in [6.45, 7) is 1.78. The summed E-state index contributed by atoms with van der Waals surface area (Å²) in [6, 6.07) is 11.7. The van der Waals surface area contributed by atoms with Gasteiger partial charge in [0.25, 0.3) is 0 Å². The third-order valence-electron chi connectivity index (χ3n) is 5.49. The third kappa shape index (κ3) is 4.54. The van der Waals surface area contributed by atoms with Crippen molar-refractivity contribution in [1.29, 1.82) is 0 Å². The van der Waals surface area contributed by atoms with Crippen LogP contribution in [0.4, 0.5) is 4.39 Å². The lowest BCUT2D eigenvalue weighted by molar-refractivity contribution is 0.1000. The first-order valence-corrected chi connectivity index (χ1v) is 10.1. The zero-order chi connectivity index (χ0) is 22.0. The summed E-state index contributed by atoms with van der Waals surface area (Å²) in [4.78, 5) is 13.6. The Balaban J connectivity index is 1.44. The number of carbonyl (C=O) groups excluding carboxylic acids is 1. The highest BCUT2D eigenvalue weighted by atomic mass is 19.1. The highest BCUT2D eigenvalue weighted by molar-refractivity contribution is 5.92. The van der Waals surface area contributed by atoms with Crippen LogP contribution in [-0.4, -0.2) is 34.2 Å². The van der Waals surface area contributed by atoms with Crippen LogP contribution in [0.2, 0.25) is 0 Å². The van der Waals surface area contributed by atoms with Crippen molar-refractivity contribution in [1.82, 2.24) is 14.7 Å². The number of hydrogen-bond donors (Lipinski definition) is 1. The fourth-order valence-electron chi connectivity index (χ4n) is 4.00.